The smallest absolute Gasteiger partial charge is 0.227 e. The van der Waals surface area contributed by atoms with E-state index in [1.165, 1.54) is 12.1 Å². The highest BCUT2D eigenvalue weighted by Gasteiger charge is 2.38. The standard InChI is InChI=1S/C20H22FNO3/c21-18-8-4-7-17(11-18)12-19(24)22-9-10-25-20(14-22,15-23)13-16-5-2-1-3-6-16/h1-8,11,23H,9-10,12-15H2/t20-/m1/s1. The fourth-order valence-corrected chi connectivity index (χ4v) is 3.22. The Kier molecular flexibility index (Phi) is 5.46. The van der Waals surface area contributed by atoms with Gasteiger partial charge in [-0.2, -0.15) is 0 Å². The molecule has 0 spiro atoms. The van der Waals surface area contributed by atoms with Gasteiger partial charge in [0.05, 0.1) is 26.2 Å². The zero-order chi connectivity index (χ0) is 17.7. The molecule has 1 fully saturated rings. The Bertz CT molecular complexity index is 722. The van der Waals surface area contributed by atoms with Crippen LogP contribution in [-0.2, 0) is 22.4 Å². The molecule has 1 saturated heterocycles. The maximum absolute atomic E-state index is 13.3. The second-order valence-electron chi connectivity index (χ2n) is 6.47. The minimum Gasteiger partial charge on any atom is -0.393 e. The number of halogens is 1. The molecule has 5 heteroatoms. The maximum Gasteiger partial charge on any atom is 0.227 e. The normalized spacial score (nSPS) is 20.5. The van der Waals surface area contributed by atoms with Gasteiger partial charge < -0.3 is 14.7 Å². The molecule has 2 aromatic rings. The number of aliphatic hydroxyl groups is 1. The van der Waals surface area contributed by atoms with Gasteiger partial charge >= 0.3 is 0 Å². The van der Waals surface area contributed by atoms with Crippen molar-refractivity contribution in [2.45, 2.75) is 18.4 Å². The summed E-state index contributed by atoms with van der Waals surface area (Å²) in [6.45, 7) is 1.02. The molecule has 0 aromatic heterocycles. The summed E-state index contributed by atoms with van der Waals surface area (Å²) in [5.41, 5.74) is 0.905. The molecule has 132 valence electrons. The summed E-state index contributed by atoms with van der Waals surface area (Å²) >= 11 is 0. The number of morpholine rings is 1. The summed E-state index contributed by atoms with van der Waals surface area (Å²) in [4.78, 5) is 14.3. The fraction of sp³-hybridized carbons (Fsp3) is 0.350. The zero-order valence-electron chi connectivity index (χ0n) is 14.0. The van der Waals surface area contributed by atoms with Crippen molar-refractivity contribution in [2.24, 2.45) is 0 Å². The van der Waals surface area contributed by atoms with Gasteiger partial charge in [0.15, 0.2) is 0 Å². The van der Waals surface area contributed by atoms with Gasteiger partial charge in [-0.15, -0.1) is 0 Å². The van der Waals surface area contributed by atoms with Crippen molar-refractivity contribution in [1.82, 2.24) is 4.90 Å². The molecule has 0 radical (unpaired) electrons. The second-order valence-corrected chi connectivity index (χ2v) is 6.47. The summed E-state index contributed by atoms with van der Waals surface area (Å²) in [7, 11) is 0. The van der Waals surface area contributed by atoms with Crippen molar-refractivity contribution in [3.63, 3.8) is 0 Å². The number of aliphatic hydroxyl groups excluding tert-OH is 1. The first-order valence-corrected chi connectivity index (χ1v) is 8.41. The highest BCUT2D eigenvalue weighted by Crippen LogP contribution is 2.23. The number of ether oxygens (including phenoxy) is 1. The summed E-state index contributed by atoms with van der Waals surface area (Å²) in [5, 5.41) is 9.92. The van der Waals surface area contributed by atoms with Crippen LogP contribution in [0.1, 0.15) is 11.1 Å². The molecule has 2 aromatic carbocycles. The summed E-state index contributed by atoms with van der Waals surface area (Å²) < 4.78 is 19.2. The lowest BCUT2D eigenvalue weighted by Crippen LogP contribution is -2.57. The average molecular weight is 343 g/mol. The van der Waals surface area contributed by atoms with Crippen molar-refractivity contribution in [3.05, 3.63) is 71.5 Å². The number of nitrogens with zero attached hydrogens (tertiary/aromatic N) is 1. The predicted molar refractivity (Wildman–Crippen MR) is 92.6 cm³/mol. The molecular formula is C20H22FNO3. The Balaban J connectivity index is 1.69. The molecule has 4 nitrogen and oxygen atoms in total. The van der Waals surface area contributed by atoms with Gasteiger partial charge in [-0.05, 0) is 23.3 Å². The van der Waals surface area contributed by atoms with Crippen LogP contribution < -0.4 is 0 Å². The van der Waals surface area contributed by atoms with Crippen LogP contribution in [0.5, 0.6) is 0 Å². The van der Waals surface area contributed by atoms with Crippen LogP contribution in [-0.4, -0.2) is 47.8 Å². The largest absolute Gasteiger partial charge is 0.393 e. The van der Waals surface area contributed by atoms with Crippen LogP contribution >= 0.6 is 0 Å². The number of carbonyl (C=O) groups is 1. The van der Waals surface area contributed by atoms with Gasteiger partial charge in [0.2, 0.25) is 5.91 Å². The van der Waals surface area contributed by atoms with Crippen molar-refractivity contribution < 1.29 is 19.0 Å². The van der Waals surface area contributed by atoms with Crippen LogP contribution in [0.2, 0.25) is 0 Å². The van der Waals surface area contributed by atoms with Crippen LogP contribution in [0, 0.1) is 5.82 Å². The molecule has 0 aliphatic carbocycles. The van der Waals surface area contributed by atoms with E-state index in [0.717, 1.165) is 5.56 Å². The molecule has 1 atom stereocenters. The van der Waals surface area contributed by atoms with E-state index in [2.05, 4.69) is 0 Å². The highest BCUT2D eigenvalue weighted by atomic mass is 19.1. The first kappa shape index (κ1) is 17.6. The first-order valence-electron chi connectivity index (χ1n) is 8.41. The highest BCUT2D eigenvalue weighted by molar-refractivity contribution is 5.79. The lowest BCUT2D eigenvalue weighted by molar-refractivity contribution is -0.157. The van der Waals surface area contributed by atoms with Crippen LogP contribution in [0.15, 0.2) is 54.6 Å². The maximum atomic E-state index is 13.3. The molecule has 0 saturated carbocycles. The summed E-state index contributed by atoms with van der Waals surface area (Å²) in [6.07, 6.45) is 0.679. The van der Waals surface area contributed by atoms with E-state index in [-0.39, 0.29) is 24.8 Å². The van der Waals surface area contributed by atoms with Crippen molar-refractivity contribution >= 4 is 5.91 Å². The van der Waals surface area contributed by atoms with Gasteiger partial charge in [-0.25, -0.2) is 4.39 Å². The SMILES string of the molecule is O=C(Cc1cccc(F)c1)N1CCO[C@](CO)(Cc2ccccc2)C1. The van der Waals surface area contributed by atoms with Gasteiger partial charge in [-0.1, -0.05) is 42.5 Å². The van der Waals surface area contributed by atoms with E-state index in [9.17, 15) is 14.3 Å². The van der Waals surface area contributed by atoms with E-state index in [1.54, 1.807) is 17.0 Å². The summed E-state index contributed by atoms with van der Waals surface area (Å²) in [5.74, 6) is -0.430. The molecule has 25 heavy (non-hydrogen) atoms. The lowest BCUT2D eigenvalue weighted by atomic mass is 9.93. The first-order chi connectivity index (χ1) is 12.1. The Morgan fingerprint density at radius 1 is 1.16 bits per heavy atom. The van der Waals surface area contributed by atoms with Gasteiger partial charge in [0, 0.05) is 13.0 Å². The van der Waals surface area contributed by atoms with Gasteiger partial charge in [0.1, 0.15) is 11.4 Å². The Morgan fingerprint density at radius 2 is 1.92 bits per heavy atom. The van der Waals surface area contributed by atoms with Crippen molar-refractivity contribution in [3.8, 4) is 0 Å². The van der Waals surface area contributed by atoms with E-state index >= 15 is 0 Å². The number of rotatable bonds is 5. The number of amides is 1. The Hall–Kier alpha value is -2.24. The van der Waals surface area contributed by atoms with E-state index in [0.29, 0.717) is 31.7 Å². The molecule has 1 heterocycles. The van der Waals surface area contributed by atoms with Crippen LogP contribution in [0.4, 0.5) is 4.39 Å². The minimum absolute atomic E-state index is 0.0835. The third kappa shape index (κ3) is 4.44. The summed E-state index contributed by atoms with van der Waals surface area (Å²) in [6, 6.07) is 15.9. The molecule has 1 aliphatic heterocycles. The van der Waals surface area contributed by atoms with Crippen molar-refractivity contribution in [2.75, 3.05) is 26.3 Å². The van der Waals surface area contributed by atoms with E-state index < -0.39 is 5.60 Å². The van der Waals surface area contributed by atoms with Gasteiger partial charge in [-0.3, -0.25) is 4.79 Å². The monoisotopic (exact) mass is 343 g/mol. The zero-order valence-corrected chi connectivity index (χ0v) is 14.0. The molecule has 1 aliphatic rings. The number of benzene rings is 2. The fourth-order valence-electron chi connectivity index (χ4n) is 3.22. The molecule has 1 N–H and O–H groups in total. The molecule has 1 amide bonds. The van der Waals surface area contributed by atoms with E-state index in [4.69, 9.17) is 4.74 Å². The number of carbonyl (C=O) groups excluding carboxylic acids is 1. The van der Waals surface area contributed by atoms with Gasteiger partial charge in [0.25, 0.3) is 0 Å². The number of hydrogen-bond acceptors (Lipinski definition) is 3. The Morgan fingerprint density at radius 3 is 2.64 bits per heavy atom. The third-order valence-corrected chi connectivity index (χ3v) is 4.50. The quantitative estimate of drug-likeness (QED) is 0.905. The average Bonchev–Trinajstić information content (AvgIpc) is 2.63. The minimum atomic E-state index is -0.794. The predicted octanol–water partition coefficient (Wildman–Crippen LogP) is 2.20. The topological polar surface area (TPSA) is 49.8 Å². The second kappa shape index (κ2) is 7.76. The molecular weight excluding hydrogens is 321 g/mol. The lowest BCUT2D eigenvalue weighted by Gasteiger charge is -2.42. The third-order valence-electron chi connectivity index (χ3n) is 4.50. The Labute approximate surface area is 146 Å². The molecule has 0 bridgehead atoms. The number of hydrogen-bond donors (Lipinski definition) is 1. The van der Waals surface area contributed by atoms with Crippen molar-refractivity contribution in [1.29, 1.82) is 0 Å². The molecule has 0 unspecified atom stereocenters. The van der Waals surface area contributed by atoms with Crippen LogP contribution in [0.3, 0.4) is 0 Å². The van der Waals surface area contributed by atoms with Crippen LogP contribution in [0.25, 0.3) is 0 Å². The molecule has 3 rings (SSSR count). The van der Waals surface area contributed by atoms with E-state index in [1.807, 2.05) is 30.3 Å².